The first-order chi connectivity index (χ1) is 9.56. The first-order valence-electron chi connectivity index (χ1n) is 6.58. The van der Waals surface area contributed by atoms with E-state index in [9.17, 15) is 14.0 Å². The third-order valence-electron chi connectivity index (χ3n) is 3.23. The van der Waals surface area contributed by atoms with Gasteiger partial charge in [-0.2, -0.15) is 0 Å². The van der Waals surface area contributed by atoms with Gasteiger partial charge in [0.1, 0.15) is 11.9 Å². The third-order valence-corrected chi connectivity index (χ3v) is 3.23. The summed E-state index contributed by atoms with van der Waals surface area (Å²) >= 11 is 0. The molecule has 6 heteroatoms. The Hall–Kier alpha value is -2.11. The fourth-order valence-corrected chi connectivity index (χ4v) is 2.02. The van der Waals surface area contributed by atoms with E-state index in [0.29, 0.717) is 13.0 Å². The first kappa shape index (κ1) is 14.3. The van der Waals surface area contributed by atoms with Crippen LogP contribution in [0.2, 0.25) is 0 Å². The van der Waals surface area contributed by atoms with Gasteiger partial charge in [-0.25, -0.2) is 14.0 Å². The van der Waals surface area contributed by atoms with Crippen LogP contribution in [0.4, 0.5) is 9.18 Å². The predicted molar refractivity (Wildman–Crippen MR) is 70.8 cm³/mol. The van der Waals surface area contributed by atoms with Crippen LogP contribution in [-0.4, -0.2) is 29.7 Å². The average molecular weight is 280 g/mol. The van der Waals surface area contributed by atoms with Crippen LogP contribution in [0.15, 0.2) is 24.3 Å². The minimum atomic E-state index is -1.01. The van der Waals surface area contributed by atoms with E-state index in [0.717, 1.165) is 18.4 Å². The summed E-state index contributed by atoms with van der Waals surface area (Å²) in [7, 11) is 0. The van der Waals surface area contributed by atoms with E-state index in [1.807, 2.05) is 0 Å². The normalized spacial score (nSPS) is 15.4. The maximum absolute atomic E-state index is 12.9. The lowest BCUT2D eigenvalue weighted by molar-refractivity contribution is -0.139. The molecule has 2 amide bonds. The molecule has 0 radical (unpaired) electrons. The number of carbonyl (C=O) groups excluding carboxylic acids is 1. The van der Waals surface area contributed by atoms with Crippen molar-refractivity contribution in [1.82, 2.24) is 10.6 Å². The molecule has 2 rings (SSSR count). The number of hydrogen-bond donors (Lipinski definition) is 3. The summed E-state index contributed by atoms with van der Waals surface area (Å²) < 4.78 is 12.9. The maximum atomic E-state index is 12.9. The molecule has 0 aromatic heterocycles. The molecule has 1 fully saturated rings. The fraction of sp³-hybridized carbons (Fsp3) is 0.429. The molecular formula is C14H17FN2O3. The Kier molecular flexibility index (Phi) is 4.55. The van der Waals surface area contributed by atoms with Gasteiger partial charge in [-0.15, -0.1) is 0 Å². The topological polar surface area (TPSA) is 78.4 Å². The molecule has 0 saturated heterocycles. The summed E-state index contributed by atoms with van der Waals surface area (Å²) in [5, 5.41) is 14.0. The summed E-state index contributed by atoms with van der Waals surface area (Å²) in [6.07, 6.45) is 2.16. The third kappa shape index (κ3) is 4.22. The predicted octanol–water partition coefficient (Wildman–Crippen LogP) is 1.53. The van der Waals surface area contributed by atoms with Crippen LogP contribution in [0, 0.1) is 11.7 Å². The van der Waals surface area contributed by atoms with Gasteiger partial charge in [0.05, 0.1) is 0 Å². The number of carbonyl (C=O) groups is 2. The molecule has 1 aromatic rings. The van der Waals surface area contributed by atoms with Crippen molar-refractivity contribution < 1.29 is 19.1 Å². The van der Waals surface area contributed by atoms with Crippen molar-refractivity contribution in [2.24, 2.45) is 5.92 Å². The molecule has 0 bridgehead atoms. The fourth-order valence-electron chi connectivity index (χ4n) is 2.02. The van der Waals surface area contributed by atoms with E-state index in [-0.39, 0.29) is 11.7 Å². The lowest BCUT2D eigenvalue weighted by Gasteiger charge is -2.14. The van der Waals surface area contributed by atoms with Crippen LogP contribution < -0.4 is 10.6 Å². The van der Waals surface area contributed by atoms with Crippen molar-refractivity contribution in [3.63, 3.8) is 0 Å². The molecule has 1 saturated carbocycles. The van der Waals surface area contributed by atoms with Crippen molar-refractivity contribution in [3.05, 3.63) is 35.6 Å². The largest absolute Gasteiger partial charge is 0.480 e. The highest BCUT2D eigenvalue weighted by Crippen LogP contribution is 2.32. The SMILES string of the molecule is O=C(NCCc1cccc(F)c1)NC(C(=O)O)C1CC1. The van der Waals surface area contributed by atoms with Gasteiger partial charge >= 0.3 is 12.0 Å². The Labute approximate surface area is 116 Å². The lowest BCUT2D eigenvalue weighted by atomic mass is 10.1. The van der Waals surface area contributed by atoms with Gasteiger partial charge < -0.3 is 15.7 Å². The van der Waals surface area contributed by atoms with Crippen LogP contribution >= 0.6 is 0 Å². The van der Waals surface area contributed by atoms with E-state index in [4.69, 9.17) is 5.11 Å². The summed E-state index contributed by atoms with van der Waals surface area (Å²) in [5.74, 6) is -1.28. The van der Waals surface area contributed by atoms with E-state index in [2.05, 4.69) is 10.6 Å². The number of hydrogen-bond acceptors (Lipinski definition) is 2. The first-order valence-corrected chi connectivity index (χ1v) is 6.58. The Morgan fingerprint density at radius 2 is 2.15 bits per heavy atom. The average Bonchev–Trinajstić information content (AvgIpc) is 3.20. The van der Waals surface area contributed by atoms with E-state index in [1.54, 1.807) is 12.1 Å². The molecule has 20 heavy (non-hydrogen) atoms. The van der Waals surface area contributed by atoms with Crippen molar-refractivity contribution >= 4 is 12.0 Å². The Morgan fingerprint density at radius 1 is 1.40 bits per heavy atom. The van der Waals surface area contributed by atoms with E-state index in [1.165, 1.54) is 12.1 Å². The molecule has 0 spiro atoms. The van der Waals surface area contributed by atoms with Gasteiger partial charge in [-0.3, -0.25) is 0 Å². The smallest absolute Gasteiger partial charge is 0.326 e. The summed E-state index contributed by atoms with van der Waals surface area (Å²) in [6, 6.07) is 4.83. The lowest BCUT2D eigenvalue weighted by Crippen LogP contribution is -2.47. The zero-order valence-electron chi connectivity index (χ0n) is 10.9. The molecule has 1 atom stereocenters. The Bertz CT molecular complexity index is 503. The maximum Gasteiger partial charge on any atom is 0.326 e. The highest BCUT2D eigenvalue weighted by molar-refractivity contribution is 5.83. The van der Waals surface area contributed by atoms with Crippen LogP contribution in [0.1, 0.15) is 18.4 Å². The van der Waals surface area contributed by atoms with Crippen molar-refractivity contribution in [1.29, 1.82) is 0 Å². The number of carboxylic acids is 1. The quantitative estimate of drug-likeness (QED) is 0.739. The van der Waals surface area contributed by atoms with Crippen LogP contribution in [0.25, 0.3) is 0 Å². The molecule has 3 N–H and O–H groups in total. The second kappa shape index (κ2) is 6.36. The van der Waals surface area contributed by atoms with Crippen LogP contribution in [0.3, 0.4) is 0 Å². The summed E-state index contributed by atoms with van der Waals surface area (Å²) in [5.41, 5.74) is 0.780. The van der Waals surface area contributed by atoms with Crippen molar-refractivity contribution in [2.45, 2.75) is 25.3 Å². The van der Waals surface area contributed by atoms with Crippen molar-refractivity contribution in [3.8, 4) is 0 Å². The Balaban J connectivity index is 1.73. The van der Waals surface area contributed by atoms with Crippen molar-refractivity contribution in [2.75, 3.05) is 6.54 Å². The van der Waals surface area contributed by atoms with Crippen LogP contribution in [0.5, 0.6) is 0 Å². The van der Waals surface area contributed by atoms with Gasteiger partial charge in [0.15, 0.2) is 0 Å². The molecule has 1 aliphatic carbocycles. The minimum absolute atomic E-state index is 0.0430. The van der Waals surface area contributed by atoms with Gasteiger partial charge in [-0.05, 0) is 42.9 Å². The zero-order valence-corrected chi connectivity index (χ0v) is 10.9. The molecule has 1 aromatic carbocycles. The van der Waals surface area contributed by atoms with Gasteiger partial charge in [0.2, 0.25) is 0 Å². The second-order valence-corrected chi connectivity index (χ2v) is 4.93. The van der Waals surface area contributed by atoms with E-state index < -0.39 is 18.0 Å². The number of amides is 2. The highest BCUT2D eigenvalue weighted by Gasteiger charge is 2.37. The summed E-state index contributed by atoms with van der Waals surface area (Å²) in [6.45, 7) is 0.326. The molecule has 1 unspecified atom stereocenters. The van der Waals surface area contributed by atoms with E-state index >= 15 is 0 Å². The monoisotopic (exact) mass is 280 g/mol. The highest BCUT2D eigenvalue weighted by atomic mass is 19.1. The molecule has 108 valence electrons. The number of halogens is 1. The van der Waals surface area contributed by atoms with Gasteiger partial charge in [0, 0.05) is 6.54 Å². The molecular weight excluding hydrogens is 263 g/mol. The second-order valence-electron chi connectivity index (χ2n) is 4.93. The number of aliphatic carboxylic acids is 1. The van der Waals surface area contributed by atoms with Crippen LogP contribution in [-0.2, 0) is 11.2 Å². The minimum Gasteiger partial charge on any atom is -0.480 e. The number of rotatable bonds is 6. The Morgan fingerprint density at radius 3 is 2.75 bits per heavy atom. The number of nitrogens with one attached hydrogen (secondary N) is 2. The standard InChI is InChI=1S/C14H17FN2O3/c15-11-3-1-2-9(8-11)6-7-16-14(20)17-12(13(18)19)10-4-5-10/h1-3,8,10,12H,4-7H2,(H,18,19)(H2,16,17,20). The zero-order chi connectivity index (χ0) is 14.5. The summed E-state index contributed by atoms with van der Waals surface area (Å²) in [4.78, 5) is 22.6. The molecule has 0 heterocycles. The molecule has 0 aliphatic heterocycles. The number of benzene rings is 1. The van der Waals surface area contributed by atoms with Gasteiger partial charge in [0.25, 0.3) is 0 Å². The molecule has 5 nitrogen and oxygen atoms in total. The molecule has 1 aliphatic rings. The van der Waals surface area contributed by atoms with Gasteiger partial charge in [-0.1, -0.05) is 12.1 Å². The number of carboxylic acid groups (broad SMARTS) is 1. The number of urea groups is 1.